The van der Waals surface area contributed by atoms with E-state index in [1.165, 1.54) is 7.11 Å². The molecule has 3 aromatic carbocycles. The van der Waals surface area contributed by atoms with Crippen molar-refractivity contribution in [2.45, 2.75) is 41.1 Å². The van der Waals surface area contributed by atoms with E-state index < -0.39 is 15.3 Å². The monoisotopic (exact) mass is 521 g/mol. The van der Waals surface area contributed by atoms with E-state index >= 15 is 0 Å². The fourth-order valence-electron chi connectivity index (χ4n) is 5.12. The smallest absolute Gasteiger partial charge is 0.233 e. The van der Waals surface area contributed by atoms with Crippen molar-refractivity contribution in [1.29, 1.82) is 0 Å². The topological polar surface area (TPSA) is 82.1 Å². The van der Waals surface area contributed by atoms with Gasteiger partial charge in [-0.25, -0.2) is 8.42 Å². The van der Waals surface area contributed by atoms with Crippen LogP contribution in [0.3, 0.4) is 0 Å². The third-order valence-corrected chi connectivity index (χ3v) is 8.96. The Hall–Kier alpha value is -3.36. The molecule has 37 heavy (non-hydrogen) atoms. The first-order chi connectivity index (χ1) is 17.9. The van der Waals surface area contributed by atoms with Gasteiger partial charge in [-0.05, 0) is 48.2 Å². The molecule has 0 aromatic heterocycles. The lowest BCUT2D eigenvalue weighted by atomic mass is 9.94. The van der Waals surface area contributed by atoms with E-state index in [0.717, 1.165) is 18.4 Å². The van der Waals surface area contributed by atoms with Crippen molar-refractivity contribution in [1.82, 2.24) is 4.90 Å². The molecule has 1 saturated carbocycles. The highest BCUT2D eigenvalue weighted by Gasteiger charge is 2.54. The Kier molecular flexibility index (Phi) is 6.96. The molecule has 0 bridgehead atoms. The normalized spacial score (nSPS) is 20.4. The number of amides is 1. The zero-order valence-corrected chi connectivity index (χ0v) is 21.8. The molecule has 2 atom stereocenters. The fourth-order valence-corrected chi connectivity index (χ4v) is 6.63. The highest BCUT2D eigenvalue weighted by Crippen LogP contribution is 2.50. The number of rotatable bonds is 9. The number of hydrogen-bond donors (Lipinski definition) is 0. The number of sulfone groups is 1. The molecule has 2 fully saturated rings. The number of likely N-dealkylation sites (tertiary alicyclic amines) is 1. The van der Waals surface area contributed by atoms with Gasteiger partial charge in [0.25, 0.3) is 0 Å². The summed E-state index contributed by atoms with van der Waals surface area (Å²) in [5, 5.41) is 0. The van der Waals surface area contributed by atoms with E-state index in [0.29, 0.717) is 30.2 Å². The van der Waals surface area contributed by atoms with E-state index in [4.69, 9.17) is 14.2 Å². The lowest BCUT2D eigenvalue weighted by molar-refractivity contribution is -0.133. The van der Waals surface area contributed by atoms with Gasteiger partial charge in [-0.3, -0.25) is 4.79 Å². The number of hydrogen-bond acceptors (Lipinski definition) is 6. The standard InChI is InChI=1S/C29H31NO6S/c1-34-24-13-6-7-14-27(24)37(32,33)20-21-9-8-12-23(17-21)36-26-19-30(18-25(26)35-2)28(31)29(15-16-29)22-10-4-3-5-11-22/h3-14,17,25-26H,15-16,18-20H2,1-2H3/t25-,26-/m1/s1. The lowest BCUT2D eigenvalue weighted by Crippen LogP contribution is -2.38. The molecule has 5 rings (SSSR count). The molecule has 0 radical (unpaired) electrons. The Morgan fingerprint density at radius 2 is 1.62 bits per heavy atom. The number of carbonyl (C=O) groups is 1. The van der Waals surface area contributed by atoms with Crippen LogP contribution < -0.4 is 9.47 Å². The summed E-state index contributed by atoms with van der Waals surface area (Å²) in [5.74, 6) is 0.784. The molecule has 2 aliphatic rings. The van der Waals surface area contributed by atoms with Crippen molar-refractivity contribution in [3.05, 3.63) is 90.0 Å². The average molecular weight is 522 g/mol. The molecule has 0 spiro atoms. The summed E-state index contributed by atoms with van der Waals surface area (Å²) in [6.07, 6.45) is 1.05. The van der Waals surface area contributed by atoms with Crippen LogP contribution in [0.25, 0.3) is 0 Å². The van der Waals surface area contributed by atoms with Crippen LogP contribution in [0.15, 0.2) is 83.8 Å². The molecule has 0 unspecified atom stereocenters. The Bertz CT molecular complexity index is 1370. The predicted octanol–water partition coefficient (Wildman–Crippen LogP) is 4.01. The van der Waals surface area contributed by atoms with E-state index in [2.05, 4.69) is 0 Å². The summed E-state index contributed by atoms with van der Waals surface area (Å²) < 4.78 is 43.4. The van der Waals surface area contributed by atoms with Gasteiger partial charge in [-0.2, -0.15) is 0 Å². The minimum atomic E-state index is -3.63. The van der Waals surface area contributed by atoms with E-state index in [9.17, 15) is 13.2 Å². The minimum Gasteiger partial charge on any atom is -0.495 e. The van der Waals surface area contributed by atoms with Crippen molar-refractivity contribution in [3.8, 4) is 11.5 Å². The number of methoxy groups -OCH3 is 2. The van der Waals surface area contributed by atoms with Gasteiger partial charge >= 0.3 is 0 Å². The van der Waals surface area contributed by atoms with Crippen molar-refractivity contribution in [3.63, 3.8) is 0 Å². The largest absolute Gasteiger partial charge is 0.495 e. The number of benzene rings is 3. The van der Waals surface area contributed by atoms with Gasteiger partial charge in [0.15, 0.2) is 9.84 Å². The van der Waals surface area contributed by atoms with Crippen molar-refractivity contribution in [2.75, 3.05) is 27.3 Å². The molecule has 1 aliphatic carbocycles. The van der Waals surface area contributed by atoms with E-state index in [-0.39, 0.29) is 28.8 Å². The molecule has 1 amide bonds. The highest BCUT2D eigenvalue weighted by atomic mass is 32.2. The second kappa shape index (κ2) is 10.2. The summed E-state index contributed by atoms with van der Waals surface area (Å²) in [7, 11) is -0.555. The number of para-hydroxylation sites is 1. The van der Waals surface area contributed by atoms with Gasteiger partial charge in [-0.1, -0.05) is 54.6 Å². The maximum atomic E-state index is 13.5. The highest BCUT2D eigenvalue weighted by molar-refractivity contribution is 7.90. The predicted molar refractivity (Wildman–Crippen MR) is 139 cm³/mol. The zero-order valence-electron chi connectivity index (χ0n) is 21.0. The number of ether oxygens (including phenoxy) is 3. The third-order valence-electron chi connectivity index (χ3n) is 7.24. The second-order valence-electron chi connectivity index (χ2n) is 9.65. The second-order valence-corrected chi connectivity index (χ2v) is 11.6. The molecule has 194 valence electrons. The summed E-state index contributed by atoms with van der Waals surface area (Å²) in [6, 6.07) is 23.6. The van der Waals surface area contributed by atoms with Crippen LogP contribution in [0.5, 0.6) is 11.5 Å². The maximum absolute atomic E-state index is 13.5. The molecular formula is C29H31NO6S. The third kappa shape index (κ3) is 5.08. The van der Waals surface area contributed by atoms with Gasteiger partial charge in [-0.15, -0.1) is 0 Å². The quantitative estimate of drug-likeness (QED) is 0.423. The van der Waals surface area contributed by atoms with Crippen LogP contribution in [0.2, 0.25) is 0 Å². The van der Waals surface area contributed by atoms with E-state index in [1.54, 1.807) is 55.6 Å². The first-order valence-electron chi connectivity index (χ1n) is 12.4. The Balaban J connectivity index is 1.29. The van der Waals surface area contributed by atoms with Crippen LogP contribution >= 0.6 is 0 Å². The van der Waals surface area contributed by atoms with Crippen LogP contribution in [0.4, 0.5) is 0 Å². The minimum absolute atomic E-state index is 0.114. The molecule has 7 nitrogen and oxygen atoms in total. The first kappa shape index (κ1) is 25.3. The van der Waals surface area contributed by atoms with Crippen LogP contribution in [-0.4, -0.2) is 58.7 Å². The maximum Gasteiger partial charge on any atom is 0.233 e. The summed E-state index contributed by atoms with van der Waals surface area (Å²) in [6.45, 7) is 0.867. The number of nitrogens with zero attached hydrogens (tertiary/aromatic N) is 1. The fraction of sp³-hybridized carbons (Fsp3) is 0.345. The Morgan fingerprint density at radius 1 is 0.919 bits per heavy atom. The van der Waals surface area contributed by atoms with Crippen molar-refractivity contribution < 1.29 is 27.4 Å². The Morgan fingerprint density at radius 3 is 2.32 bits per heavy atom. The summed E-state index contributed by atoms with van der Waals surface area (Å²) in [5.41, 5.74) is 1.22. The number of carbonyl (C=O) groups excluding carboxylic acids is 1. The molecule has 8 heteroatoms. The zero-order chi connectivity index (χ0) is 26.0. The van der Waals surface area contributed by atoms with Gasteiger partial charge < -0.3 is 19.1 Å². The van der Waals surface area contributed by atoms with Gasteiger partial charge in [0.1, 0.15) is 28.6 Å². The molecule has 0 N–H and O–H groups in total. The van der Waals surface area contributed by atoms with Crippen LogP contribution in [0.1, 0.15) is 24.0 Å². The molecule has 1 saturated heterocycles. The van der Waals surface area contributed by atoms with Crippen molar-refractivity contribution >= 4 is 15.7 Å². The van der Waals surface area contributed by atoms with E-state index in [1.807, 2.05) is 35.2 Å². The average Bonchev–Trinajstić information content (AvgIpc) is 3.63. The lowest BCUT2D eigenvalue weighted by Gasteiger charge is -2.23. The van der Waals surface area contributed by atoms with Gasteiger partial charge in [0.2, 0.25) is 5.91 Å². The van der Waals surface area contributed by atoms with Crippen LogP contribution in [0, 0.1) is 0 Å². The SMILES string of the molecule is COc1ccccc1S(=O)(=O)Cc1cccc(O[C@@H]2CN(C(=O)C3(c4ccccc4)CC3)C[C@H]2OC)c1. The van der Waals surface area contributed by atoms with Crippen LogP contribution in [-0.2, 0) is 30.5 Å². The van der Waals surface area contributed by atoms with Gasteiger partial charge in [0.05, 0.1) is 31.4 Å². The molecular weight excluding hydrogens is 490 g/mol. The molecule has 1 aliphatic heterocycles. The molecule has 1 heterocycles. The first-order valence-corrected chi connectivity index (χ1v) is 14.0. The summed E-state index contributed by atoms with van der Waals surface area (Å²) >= 11 is 0. The molecule has 3 aromatic rings. The summed E-state index contributed by atoms with van der Waals surface area (Å²) in [4.78, 5) is 15.5. The van der Waals surface area contributed by atoms with Crippen molar-refractivity contribution in [2.24, 2.45) is 0 Å². The van der Waals surface area contributed by atoms with Gasteiger partial charge in [0, 0.05) is 7.11 Å². The Labute approximate surface area is 217 Å².